The molecule has 0 saturated carbocycles. The summed E-state index contributed by atoms with van der Waals surface area (Å²) < 4.78 is 0. The van der Waals surface area contributed by atoms with Gasteiger partial charge in [0, 0.05) is 0 Å². The van der Waals surface area contributed by atoms with Crippen LogP contribution in [0.25, 0.3) is 33.4 Å². The maximum absolute atomic E-state index is 2.48. The minimum atomic E-state index is 0.0527. The molecule has 0 nitrogen and oxygen atoms in total. The van der Waals surface area contributed by atoms with Crippen molar-refractivity contribution in [1.29, 1.82) is 0 Å². The van der Waals surface area contributed by atoms with E-state index in [0.717, 1.165) is 0 Å². The van der Waals surface area contributed by atoms with Crippen molar-refractivity contribution in [3.05, 3.63) is 107 Å². The Morgan fingerprint density at radius 3 is 1.02 bits per heavy atom. The van der Waals surface area contributed by atoms with Gasteiger partial charge in [-0.25, -0.2) is 0 Å². The van der Waals surface area contributed by atoms with Crippen LogP contribution in [0, 0.1) is 6.92 Å². The average Bonchev–Trinajstić information content (AvgIpc) is 2.86. The molecule has 0 unspecified atom stereocenters. The van der Waals surface area contributed by atoms with Gasteiger partial charge in [-0.3, -0.25) is 0 Å². The number of hydrogen-bond acceptors (Lipinski definition) is 0. The predicted molar refractivity (Wildman–Crippen MR) is 182 cm³/mol. The van der Waals surface area contributed by atoms with Crippen LogP contribution >= 0.6 is 0 Å². The monoisotopic (exact) mass is 544 g/mol. The zero-order valence-electron chi connectivity index (χ0n) is 28.0. The van der Waals surface area contributed by atoms with Crippen molar-refractivity contribution in [3.8, 4) is 33.4 Å². The predicted octanol–water partition coefficient (Wildman–Crippen LogP) is 12.2. The second-order valence-electron chi connectivity index (χ2n) is 16.2. The van der Waals surface area contributed by atoms with Gasteiger partial charge in [0.15, 0.2) is 0 Å². The lowest BCUT2D eigenvalue weighted by molar-refractivity contribution is 0.530. The summed E-state index contributed by atoms with van der Waals surface area (Å²) in [5.41, 5.74) is 15.0. The van der Waals surface area contributed by atoms with Crippen molar-refractivity contribution < 1.29 is 0 Å². The number of hydrogen-bond donors (Lipinski definition) is 0. The van der Waals surface area contributed by atoms with Crippen LogP contribution in [0.3, 0.4) is 0 Å². The van der Waals surface area contributed by atoms with E-state index in [1.54, 1.807) is 0 Å². The van der Waals surface area contributed by atoms with Crippen LogP contribution in [0.15, 0.2) is 78.9 Å². The lowest BCUT2D eigenvalue weighted by Crippen LogP contribution is -2.22. The molecule has 0 heteroatoms. The fraction of sp³-hybridized carbons (Fsp3) is 0.415. The average molecular weight is 545 g/mol. The normalized spacial score (nSPS) is 13.0. The number of rotatable bonds is 3. The molecule has 4 rings (SSSR count). The fourth-order valence-electron chi connectivity index (χ4n) is 5.70. The van der Waals surface area contributed by atoms with Gasteiger partial charge in [0.25, 0.3) is 0 Å². The lowest BCUT2D eigenvalue weighted by Gasteiger charge is -2.31. The van der Waals surface area contributed by atoms with Gasteiger partial charge in [0.05, 0.1) is 0 Å². The van der Waals surface area contributed by atoms with Crippen molar-refractivity contribution in [2.45, 2.75) is 112 Å². The molecule has 0 heterocycles. The SMILES string of the molecule is Cc1cc(C(C)(C)C)c(C(C)(C)C)cc1-c1cc(-c2ccc(C(C)(C)C)cc2)cc(-c2ccc(C(C)(C)C)cc2)c1. The molecule has 0 spiro atoms. The minimum Gasteiger partial charge on any atom is -0.0579 e. The van der Waals surface area contributed by atoms with Gasteiger partial charge < -0.3 is 0 Å². The maximum Gasteiger partial charge on any atom is -0.0129 e. The van der Waals surface area contributed by atoms with E-state index in [1.165, 1.54) is 61.2 Å². The van der Waals surface area contributed by atoms with Crippen LogP contribution in [-0.2, 0) is 21.7 Å². The smallest absolute Gasteiger partial charge is 0.0129 e. The van der Waals surface area contributed by atoms with Gasteiger partial charge in [-0.15, -0.1) is 0 Å². The van der Waals surface area contributed by atoms with Crippen molar-refractivity contribution in [2.75, 3.05) is 0 Å². The summed E-state index contributed by atoms with van der Waals surface area (Å²) in [4.78, 5) is 0. The molecular formula is C41H52. The van der Waals surface area contributed by atoms with Crippen molar-refractivity contribution in [3.63, 3.8) is 0 Å². The summed E-state index contributed by atoms with van der Waals surface area (Å²) in [5.74, 6) is 0. The van der Waals surface area contributed by atoms with Crippen molar-refractivity contribution in [1.82, 2.24) is 0 Å². The van der Waals surface area contributed by atoms with Gasteiger partial charge in [0.2, 0.25) is 0 Å². The van der Waals surface area contributed by atoms with E-state index in [-0.39, 0.29) is 21.7 Å². The summed E-state index contributed by atoms with van der Waals surface area (Å²) in [6, 6.07) is 30.4. The molecule has 0 N–H and O–H groups in total. The lowest BCUT2D eigenvalue weighted by atomic mass is 9.73. The molecule has 0 atom stereocenters. The van der Waals surface area contributed by atoms with Crippen LogP contribution in [0.4, 0.5) is 0 Å². The van der Waals surface area contributed by atoms with Gasteiger partial charge in [-0.1, -0.05) is 144 Å². The summed E-state index contributed by atoms with van der Waals surface area (Å²) in [5, 5.41) is 0. The molecule has 0 aromatic heterocycles. The summed E-state index contributed by atoms with van der Waals surface area (Å²) in [6.07, 6.45) is 0. The molecule has 0 saturated heterocycles. The quantitative estimate of drug-likeness (QED) is 0.240. The molecule has 0 fully saturated rings. The van der Waals surface area contributed by atoms with Gasteiger partial charge in [-0.2, -0.15) is 0 Å². The molecule has 0 aliphatic heterocycles. The Kier molecular flexibility index (Phi) is 7.98. The van der Waals surface area contributed by atoms with E-state index in [9.17, 15) is 0 Å². The van der Waals surface area contributed by atoms with Crippen LogP contribution in [0.2, 0.25) is 0 Å². The molecule has 0 aliphatic carbocycles. The molecule has 0 amide bonds. The Labute approximate surface area is 251 Å². The Bertz CT molecular complexity index is 1440. The number of aryl methyl sites for hydroxylation is 1. The van der Waals surface area contributed by atoms with Crippen molar-refractivity contribution in [2.24, 2.45) is 0 Å². The van der Waals surface area contributed by atoms with Crippen LogP contribution in [0.1, 0.15) is 111 Å². The van der Waals surface area contributed by atoms with E-state index >= 15 is 0 Å². The highest BCUT2D eigenvalue weighted by molar-refractivity contribution is 5.83. The summed E-state index contributed by atoms with van der Waals surface area (Å²) >= 11 is 0. The third-order valence-electron chi connectivity index (χ3n) is 8.39. The highest BCUT2D eigenvalue weighted by Crippen LogP contribution is 2.41. The molecule has 4 aromatic carbocycles. The Morgan fingerprint density at radius 1 is 0.341 bits per heavy atom. The minimum absolute atomic E-state index is 0.0527. The first-order chi connectivity index (χ1) is 18.7. The van der Waals surface area contributed by atoms with E-state index in [4.69, 9.17) is 0 Å². The van der Waals surface area contributed by atoms with E-state index in [1.807, 2.05) is 0 Å². The zero-order valence-corrected chi connectivity index (χ0v) is 28.0. The maximum atomic E-state index is 2.48. The zero-order chi connectivity index (χ0) is 30.5. The third-order valence-corrected chi connectivity index (χ3v) is 8.39. The van der Waals surface area contributed by atoms with E-state index < -0.39 is 0 Å². The molecular weight excluding hydrogens is 492 g/mol. The molecule has 0 aliphatic rings. The first-order valence-electron chi connectivity index (χ1n) is 15.3. The Hall–Kier alpha value is -3.12. The first kappa shape index (κ1) is 30.8. The number of benzene rings is 4. The standard InChI is InChI=1S/C41H52/c1-27-22-36(40(8,9)10)37(41(11,12)13)26-35(27)32-24-30(28-14-18-33(19-15-28)38(2,3)4)23-31(25-32)29-16-20-34(21-17-29)39(5,6)7/h14-26H,1-13H3. The largest absolute Gasteiger partial charge is 0.0579 e. The molecule has 216 valence electrons. The second-order valence-corrected chi connectivity index (χ2v) is 16.2. The first-order valence-corrected chi connectivity index (χ1v) is 15.3. The Morgan fingerprint density at radius 2 is 0.683 bits per heavy atom. The van der Waals surface area contributed by atoms with E-state index in [2.05, 4.69) is 169 Å². The molecule has 0 radical (unpaired) electrons. The van der Waals surface area contributed by atoms with E-state index in [0.29, 0.717) is 0 Å². The highest BCUT2D eigenvalue weighted by Gasteiger charge is 2.27. The molecule has 4 aromatic rings. The summed E-state index contributed by atoms with van der Waals surface area (Å²) in [6.45, 7) is 29.9. The van der Waals surface area contributed by atoms with Gasteiger partial charge in [0.1, 0.15) is 0 Å². The van der Waals surface area contributed by atoms with Crippen LogP contribution < -0.4 is 0 Å². The Balaban J connectivity index is 1.96. The van der Waals surface area contributed by atoms with Crippen LogP contribution in [-0.4, -0.2) is 0 Å². The van der Waals surface area contributed by atoms with Gasteiger partial charge >= 0.3 is 0 Å². The van der Waals surface area contributed by atoms with Crippen LogP contribution in [0.5, 0.6) is 0 Å². The molecule has 0 bridgehead atoms. The van der Waals surface area contributed by atoms with Crippen molar-refractivity contribution >= 4 is 0 Å². The second kappa shape index (κ2) is 10.6. The fourth-order valence-corrected chi connectivity index (χ4v) is 5.70. The summed E-state index contributed by atoms with van der Waals surface area (Å²) in [7, 11) is 0. The topological polar surface area (TPSA) is 0 Å². The highest BCUT2D eigenvalue weighted by atomic mass is 14.3. The van der Waals surface area contributed by atoms with Gasteiger partial charge in [-0.05, 0) is 108 Å². The third kappa shape index (κ3) is 6.86. The molecule has 41 heavy (non-hydrogen) atoms.